The lowest BCUT2D eigenvalue weighted by atomic mass is 10.1. The first kappa shape index (κ1) is 22.3. The number of benzene rings is 2. The molecule has 1 saturated carbocycles. The monoisotopic (exact) mass is 477 g/mol. The van der Waals surface area contributed by atoms with Crippen LogP contribution < -0.4 is 10.6 Å². The second-order valence-electron chi connectivity index (χ2n) is 9.04. The summed E-state index contributed by atoms with van der Waals surface area (Å²) in [6, 6.07) is 11.9. The highest BCUT2D eigenvalue weighted by Gasteiger charge is 2.25. The minimum Gasteiger partial charge on any atom is -0.367 e. The normalized spacial score (nSPS) is 13.4. The van der Waals surface area contributed by atoms with Gasteiger partial charge >= 0.3 is 0 Å². The van der Waals surface area contributed by atoms with Crippen LogP contribution in [0.4, 0.5) is 10.2 Å². The Kier molecular flexibility index (Phi) is 5.96. The van der Waals surface area contributed by atoms with E-state index in [9.17, 15) is 9.18 Å². The van der Waals surface area contributed by atoms with Crippen molar-refractivity contribution in [3.8, 4) is 22.5 Å². The zero-order valence-corrected chi connectivity index (χ0v) is 19.7. The van der Waals surface area contributed by atoms with E-state index in [1.807, 2.05) is 16.7 Å². The number of amides is 1. The molecule has 2 aromatic heterocycles. The summed E-state index contributed by atoms with van der Waals surface area (Å²) in [5.41, 5.74) is 4.24. The Bertz CT molecular complexity index is 1360. The molecular weight excluding hydrogens is 453 g/mol. The first-order valence-corrected chi connectivity index (χ1v) is 11.8. The molecule has 0 bridgehead atoms. The first-order valence-electron chi connectivity index (χ1n) is 11.4. The van der Waals surface area contributed by atoms with Crippen molar-refractivity contribution in [1.82, 2.24) is 19.7 Å². The highest BCUT2D eigenvalue weighted by Crippen LogP contribution is 2.31. The van der Waals surface area contributed by atoms with Gasteiger partial charge in [-0.3, -0.25) is 9.20 Å². The molecule has 8 heteroatoms. The molecule has 34 heavy (non-hydrogen) atoms. The van der Waals surface area contributed by atoms with Gasteiger partial charge in [0, 0.05) is 29.9 Å². The number of nitrogens with zero attached hydrogens (tertiary/aromatic N) is 3. The Hall–Kier alpha value is -3.45. The summed E-state index contributed by atoms with van der Waals surface area (Å²) in [7, 11) is 0. The zero-order valence-electron chi connectivity index (χ0n) is 19.0. The van der Waals surface area contributed by atoms with Gasteiger partial charge in [-0.25, -0.2) is 14.4 Å². The summed E-state index contributed by atoms with van der Waals surface area (Å²) in [6.45, 7) is 4.97. The van der Waals surface area contributed by atoms with Crippen LogP contribution in [-0.4, -0.2) is 32.9 Å². The molecule has 0 atom stereocenters. The Morgan fingerprint density at radius 2 is 1.91 bits per heavy atom. The third kappa shape index (κ3) is 4.61. The molecule has 2 N–H and O–H groups in total. The van der Waals surface area contributed by atoms with Crippen molar-refractivity contribution < 1.29 is 9.18 Å². The molecule has 0 radical (unpaired) electrons. The van der Waals surface area contributed by atoms with E-state index in [4.69, 9.17) is 16.6 Å². The van der Waals surface area contributed by atoms with Crippen LogP contribution in [0.3, 0.4) is 0 Å². The fraction of sp³-hybridized carbons (Fsp3) is 0.269. The lowest BCUT2D eigenvalue weighted by molar-refractivity contribution is 0.0951. The number of hydrogen-bond donors (Lipinski definition) is 2. The van der Waals surface area contributed by atoms with E-state index in [0.29, 0.717) is 33.7 Å². The van der Waals surface area contributed by atoms with Crippen LogP contribution in [0.2, 0.25) is 5.02 Å². The Balaban J connectivity index is 1.58. The topological polar surface area (TPSA) is 71.3 Å². The largest absolute Gasteiger partial charge is 0.367 e. The number of anilines is 1. The van der Waals surface area contributed by atoms with E-state index in [1.54, 1.807) is 30.5 Å². The number of hydrogen-bond acceptors (Lipinski definition) is 4. The lowest BCUT2D eigenvalue weighted by Gasteiger charge is -2.13. The van der Waals surface area contributed by atoms with Crippen LogP contribution in [0.25, 0.3) is 28.2 Å². The summed E-state index contributed by atoms with van der Waals surface area (Å²) in [6.07, 6.45) is 5.68. The number of halogens is 2. The Morgan fingerprint density at radius 3 is 2.59 bits per heavy atom. The molecule has 0 spiro atoms. The van der Waals surface area contributed by atoms with Crippen LogP contribution in [0.15, 0.2) is 54.9 Å². The summed E-state index contributed by atoms with van der Waals surface area (Å²) in [4.78, 5) is 21.9. The first-order chi connectivity index (χ1) is 16.4. The van der Waals surface area contributed by atoms with Gasteiger partial charge in [-0.15, -0.1) is 0 Å². The smallest absolute Gasteiger partial charge is 0.253 e. The fourth-order valence-corrected chi connectivity index (χ4v) is 4.00. The van der Waals surface area contributed by atoms with Crippen molar-refractivity contribution in [2.24, 2.45) is 5.92 Å². The summed E-state index contributed by atoms with van der Waals surface area (Å²) >= 11 is 6.50. The molecule has 1 amide bonds. The SMILES string of the molecule is CC(C)CNc1nc(-c2ccc(F)cc2)cn2c(-c3ccc(C(=O)NC4CC4)c(Cl)c3)cnc12. The van der Waals surface area contributed by atoms with Gasteiger partial charge in [-0.05, 0) is 55.2 Å². The van der Waals surface area contributed by atoms with Crippen LogP contribution in [0.5, 0.6) is 0 Å². The van der Waals surface area contributed by atoms with Gasteiger partial charge in [0.15, 0.2) is 11.5 Å². The predicted molar refractivity (Wildman–Crippen MR) is 133 cm³/mol. The van der Waals surface area contributed by atoms with Crippen molar-refractivity contribution >= 4 is 29.0 Å². The Labute approximate surface area is 202 Å². The molecule has 0 aliphatic heterocycles. The summed E-state index contributed by atoms with van der Waals surface area (Å²) in [5, 5.41) is 6.74. The van der Waals surface area contributed by atoms with Gasteiger partial charge in [0.25, 0.3) is 5.91 Å². The zero-order chi connectivity index (χ0) is 23.8. The number of imidazole rings is 1. The number of nitrogens with one attached hydrogen (secondary N) is 2. The maximum atomic E-state index is 13.5. The third-order valence-corrected chi connectivity index (χ3v) is 6.04. The summed E-state index contributed by atoms with van der Waals surface area (Å²) < 4.78 is 15.4. The maximum Gasteiger partial charge on any atom is 0.253 e. The van der Waals surface area contributed by atoms with Crippen molar-refractivity contribution in [1.29, 1.82) is 0 Å². The van der Waals surface area contributed by atoms with Gasteiger partial charge < -0.3 is 10.6 Å². The van der Waals surface area contributed by atoms with Gasteiger partial charge in [-0.1, -0.05) is 31.5 Å². The van der Waals surface area contributed by atoms with Crippen LogP contribution in [-0.2, 0) is 0 Å². The van der Waals surface area contributed by atoms with Crippen molar-refractivity contribution in [2.75, 3.05) is 11.9 Å². The second kappa shape index (κ2) is 9.06. The second-order valence-corrected chi connectivity index (χ2v) is 9.44. The summed E-state index contributed by atoms with van der Waals surface area (Å²) in [5.74, 6) is 0.610. The number of carbonyl (C=O) groups is 1. The third-order valence-electron chi connectivity index (χ3n) is 5.73. The van der Waals surface area contributed by atoms with Gasteiger partial charge in [-0.2, -0.15) is 0 Å². The highest BCUT2D eigenvalue weighted by molar-refractivity contribution is 6.34. The molecule has 0 unspecified atom stereocenters. The molecule has 5 rings (SSSR count). The average molecular weight is 478 g/mol. The van der Waals surface area contributed by atoms with E-state index in [2.05, 4.69) is 29.5 Å². The van der Waals surface area contributed by atoms with Crippen molar-refractivity contribution in [2.45, 2.75) is 32.7 Å². The number of rotatable bonds is 7. The van der Waals surface area contributed by atoms with Crippen LogP contribution in [0.1, 0.15) is 37.0 Å². The molecule has 2 heterocycles. The molecule has 4 aromatic rings. The molecule has 174 valence electrons. The van der Waals surface area contributed by atoms with Gasteiger partial charge in [0.2, 0.25) is 0 Å². The van der Waals surface area contributed by atoms with Gasteiger partial charge in [0.1, 0.15) is 5.82 Å². The van der Waals surface area contributed by atoms with E-state index < -0.39 is 0 Å². The molecule has 1 aliphatic carbocycles. The lowest BCUT2D eigenvalue weighted by Crippen LogP contribution is -2.25. The molecular formula is C26H25ClFN5O. The molecule has 2 aromatic carbocycles. The average Bonchev–Trinajstić information content (AvgIpc) is 3.52. The van der Waals surface area contributed by atoms with Crippen LogP contribution >= 0.6 is 11.6 Å². The number of aromatic nitrogens is 3. The highest BCUT2D eigenvalue weighted by atomic mass is 35.5. The number of fused-ring (bicyclic) bond motifs is 1. The van der Waals surface area contributed by atoms with E-state index in [-0.39, 0.29) is 17.8 Å². The molecule has 1 fully saturated rings. The van der Waals surface area contributed by atoms with Crippen molar-refractivity contribution in [3.63, 3.8) is 0 Å². The quantitative estimate of drug-likeness (QED) is 0.352. The van der Waals surface area contributed by atoms with Crippen LogP contribution in [0, 0.1) is 11.7 Å². The predicted octanol–water partition coefficient (Wildman–Crippen LogP) is 5.82. The Morgan fingerprint density at radius 1 is 1.18 bits per heavy atom. The molecule has 1 aliphatic rings. The molecule has 6 nitrogen and oxygen atoms in total. The van der Waals surface area contributed by atoms with E-state index >= 15 is 0 Å². The number of carbonyl (C=O) groups excluding carboxylic acids is 1. The molecule has 0 saturated heterocycles. The minimum atomic E-state index is -0.299. The standard InChI is InChI=1S/C26H25ClFN5O/c1-15(2)12-29-24-25-30-13-23(33(25)14-22(32-24)16-3-6-18(28)7-4-16)17-5-10-20(21(27)11-17)26(34)31-19-8-9-19/h3-7,10-11,13-15,19H,8-9,12H2,1-2H3,(H,29,32)(H,31,34). The van der Waals surface area contributed by atoms with Gasteiger partial charge in [0.05, 0.1) is 28.2 Å². The van der Waals surface area contributed by atoms with E-state index in [0.717, 1.165) is 36.2 Å². The van der Waals surface area contributed by atoms with Crippen molar-refractivity contribution in [3.05, 3.63) is 71.3 Å². The maximum absolute atomic E-state index is 13.5. The minimum absolute atomic E-state index is 0.153. The van der Waals surface area contributed by atoms with E-state index in [1.165, 1.54) is 12.1 Å². The fourth-order valence-electron chi connectivity index (χ4n) is 3.73.